The zero-order chi connectivity index (χ0) is 27.6. The summed E-state index contributed by atoms with van der Waals surface area (Å²) in [7, 11) is 1.01. The van der Waals surface area contributed by atoms with Crippen LogP contribution >= 0.6 is 11.8 Å². The molecule has 0 aliphatic carbocycles. The molecular weight excluding hydrogens is 496 g/mol. The number of hydrogen-bond donors (Lipinski definition) is 3. The molecule has 0 spiro atoms. The maximum absolute atomic E-state index is 12.5. The van der Waals surface area contributed by atoms with Crippen LogP contribution in [0.15, 0.2) is 30.3 Å². The molecule has 37 heavy (non-hydrogen) atoms. The number of aliphatic carboxylic acids is 3. The lowest BCUT2D eigenvalue weighted by molar-refractivity contribution is -0.163. The van der Waals surface area contributed by atoms with Crippen LogP contribution < -0.4 is 0 Å². The minimum Gasteiger partial charge on any atom is -0.481 e. The van der Waals surface area contributed by atoms with Crippen molar-refractivity contribution in [2.75, 3.05) is 12.9 Å². The third-order valence-corrected chi connectivity index (χ3v) is 7.84. The summed E-state index contributed by atoms with van der Waals surface area (Å²) < 4.78 is 4.64. The largest absolute Gasteiger partial charge is 0.481 e. The lowest BCUT2D eigenvalue weighted by Crippen LogP contribution is -2.43. The molecule has 0 saturated carbocycles. The number of benzene rings is 1. The normalized spacial score (nSPS) is 14.3. The fourth-order valence-corrected chi connectivity index (χ4v) is 5.93. The summed E-state index contributed by atoms with van der Waals surface area (Å²) in [5.74, 6) is -10.2. The van der Waals surface area contributed by atoms with Crippen LogP contribution in [0.1, 0.15) is 81.9 Å². The molecule has 207 valence electrons. The first-order chi connectivity index (χ1) is 17.7. The van der Waals surface area contributed by atoms with E-state index in [0.717, 1.165) is 32.8 Å². The predicted molar refractivity (Wildman–Crippen MR) is 143 cm³/mol. The zero-order valence-corrected chi connectivity index (χ0v) is 22.7. The van der Waals surface area contributed by atoms with Crippen molar-refractivity contribution in [2.45, 2.75) is 76.4 Å². The molecule has 1 aromatic carbocycles. The number of unbranched alkanes of at least 4 members (excludes halogenated alkanes) is 9. The molecular formula is C28H41O8S. The predicted octanol–water partition coefficient (Wildman–Crippen LogP) is 5.86. The average molecular weight is 538 g/mol. The van der Waals surface area contributed by atoms with Crippen LogP contribution in [0.25, 0.3) is 0 Å². The van der Waals surface area contributed by atoms with Gasteiger partial charge in [-0.3, -0.25) is 19.2 Å². The molecule has 9 heteroatoms. The highest BCUT2D eigenvalue weighted by Crippen LogP contribution is 2.43. The minimum absolute atomic E-state index is 0.509. The maximum Gasteiger partial charge on any atom is 0.310 e. The van der Waals surface area contributed by atoms with Crippen molar-refractivity contribution in [3.05, 3.63) is 42.3 Å². The molecule has 1 rings (SSSR count). The van der Waals surface area contributed by atoms with Gasteiger partial charge in [-0.05, 0) is 17.7 Å². The van der Waals surface area contributed by atoms with Crippen LogP contribution in [-0.4, -0.2) is 52.1 Å². The molecule has 1 radical (unpaired) electrons. The quantitative estimate of drug-likeness (QED) is 0.130. The standard InChI is InChI=1S/C28H41O8S/c1-3-4-5-6-7-8-9-10-11-15-18-37-25(20-16-13-12-14-17-20)24(27(33)34)23(26(31)32)21(19-22(29)30)28(35)36-2/h12-14,16-17,19,21,23-25H,3-11,15,18H2,1-2H3,(H,29,30)(H,31,32)(H,33,34). The highest BCUT2D eigenvalue weighted by molar-refractivity contribution is 7.99. The van der Waals surface area contributed by atoms with Gasteiger partial charge in [0.15, 0.2) is 0 Å². The van der Waals surface area contributed by atoms with E-state index in [2.05, 4.69) is 11.7 Å². The second-order valence-corrected chi connectivity index (χ2v) is 10.4. The highest BCUT2D eigenvalue weighted by atomic mass is 32.2. The Hall–Kier alpha value is -2.55. The van der Waals surface area contributed by atoms with Gasteiger partial charge in [-0.2, -0.15) is 11.8 Å². The Bertz CT molecular complexity index is 829. The van der Waals surface area contributed by atoms with Crippen LogP contribution in [0.4, 0.5) is 0 Å². The lowest BCUT2D eigenvalue weighted by atomic mass is 9.76. The Balaban J connectivity index is 2.97. The summed E-state index contributed by atoms with van der Waals surface area (Å²) in [5, 5.41) is 28.6. The molecule has 0 aliphatic rings. The summed E-state index contributed by atoms with van der Waals surface area (Å²) in [6.07, 6.45) is 12.1. The van der Waals surface area contributed by atoms with Gasteiger partial charge < -0.3 is 20.1 Å². The summed E-state index contributed by atoms with van der Waals surface area (Å²) >= 11 is 1.33. The molecule has 4 unspecified atom stereocenters. The second kappa shape index (κ2) is 18.7. The number of rotatable bonds is 21. The lowest BCUT2D eigenvalue weighted by Gasteiger charge is -2.31. The van der Waals surface area contributed by atoms with Gasteiger partial charge in [-0.15, -0.1) is 0 Å². The first-order valence-electron chi connectivity index (χ1n) is 13.0. The number of thioether (sulfide) groups is 1. The van der Waals surface area contributed by atoms with Gasteiger partial charge in [0.1, 0.15) is 0 Å². The molecule has 4 atom stereocenters. The van der Waals surface area contributed by atoms with Crippen molar-refractivity contribution < 1.29 is 39.2 Å². The molecule has 0 saturated heterocycles. The topological polar surface area (TPSA) is 138 Å². The third-order valence-electron chi connectivity index (χ3n) is 6.39. The first kappa shape index (κ1) is 32.5. The van der Waals surface area contributed by atoms with Crippen LogP contribution in [0.5, 0.6) is 0 Å². The Morgan fingerprint density at radius 3 is 1.78 bits per heavy atom. The molecule has 0 fully saturated rings. The third kappa shape index (κ3) is 12.0. The van der Waals surface area contributed by atoms with Gasteiger partial charge in [-0.25, -0.2) is 0 Å². The van der Waals surface area contributed by atoms with Gasteiger partial charge in [0.25, 0.3) is 0 Å². The Morgan fingerprint density at radius 1 is 0.811 bits per heavy atom. The second-order valence-electron chi connectivity index (χ2n) is 9.17. The summed E-state index contributed by atoms with van der Waals surface area (Å²) in [6, 6.07) is 8.68. The van der Waals surface area contributed by atoms with E-state index in [1.54, 1.807) is 30.3 Å². The van der Waals surface area contributed by atoms with Gasteiger partial charge in [-0.1, -0.05) is 95.0 Å². The van der Waals surface area contributed by atoms with Crippen molar-refractivity contribution in [1.29, 1.82) is 0 Å². The van der Waals surface area contributed by atoms with Crippen molar-refractivity contribution in [3.8, 4) is 0 Å². The van der Waals surface area contributed by atoms with E-state index in [-0.39, 0.29) is 0 Å². The number of ether oxygens (including phenoxy) is 1. The Morgan fingerprint density at radius 2 is 1.32 bits per heavy atom. The average Bonchev–Trinajstić information content (AvgIpc) is 2.87. The molecule has 0 aromatic heterocycles. The SMILES string of the molecule is CCCCCCCCCCCCSC(c1ccccc1)C(C(=O)O)C(C(=O)O)C([CH]C(=O)O)C(=O)OC. The Kier molecular flexibility index (Phi) is 16.4. The molecule has 0 bridgehead atoms. The highest BCUT2D eigenvalue weighted by Gasteiger charge is 2.48. The number of carboxylic acids is 3. The van der Waals surface area contributed by atoms with Crippen molar-refractivity contribution >= 4 is 35.6 Å². The maximum atomic E-state index is 12.5. The van der Waals surface area contributed by atoms with Crippen molar-refractivity contribution in [1.82, 2.24) is 0 Å². The van der Waals surface area contributed by atoms with Crippen LogP contribution in [0.2, 0.25) is 0 Å². The molecule has 1 aromatic rings. The van der Waals surface area contributed by atoms with Crippen LogP contribution in [0.3, 0.4) is 0 Å². The zero-order valence-electron chi connectivity index (χ0n) is 21.8. The van der Waals surface area contributed by atoms with Gasteiger partial charge >= 0.3 is 23.9 Å². The number of methoxy groups -OCH3 is 1. The molecule has 0 aliphatic heterocycles. The number of carbonyl (C=O) groups is 4. The number of carboxylic acid groups (broad SMARTS) is 3. The van der Waals surface area contributed by atoms with E-state index in [4.69, 9.17) is 0 Å². The monoisotopic (exact) mass is 537 g/mol. The van der Waals surface area contributed by atoms with Crippen LogP contribution in [0, 0.1) is 24.2 Å². The summed E-state index contributed by atoms with van der Waals surface area (Å²) in [5.41, 5.74) is 0.608. The minimum atomic E-state index is -1.83. The van der Waals surface area contributed by atoms with Gasteiger partial charge in [0.05, 0.1) is 31.3 Å². The van der Waals surface area contributed by atoms with Gasteiger partial charge in [0.2, 0.25) is 0 Å². The summed E-state index contributed by atoms with van der Waals surface area (Å²) in [6.45, 7) is 2.20. The molecule has 0 amide bonds. The van der Waals surface area contributed by atoms with E-state index < -0.39 is 46.9 Å². The van der Waals surface area contributed by atoms with Crippen LogP contribution in [-0.2, 0) is 23.9 Å². The van der Waals surface area contributed by atoms with E-state index in [0.29, 0.717) is 17.7 Å². The smallest absolute Gasteiger partial charge is 0.310 e. The van der Waals surface area contributed by atoms with E-state index in [9.17, 15) is 34.5 Å². The van der Waals surface area contributed by atoms with E-state index in [1.807, 2.05) is 0 Å². The van der Waals surface area contributed by atoms with Crippen molar-refractivity contribution in [2.24, 2.45) is 17.8 Å². The fourth-order valence-electron chi connectivity index (χ4n) is 4.46. The van der Waals surface area contributed by atoms with E-state index in [1.165, 1.54) is 50.3 Å². The van der Waals surface area contributed by atoms with E-state index >= 15 is 0 Å². The van der Waals surface area contributed by atoms with Gasteiger partial charge in [0, 0.05) is 5.25 Å². The fraction of sp³-hybridized carbons (Fsp3) is 0.607. The molecule has 8 nitrogen and oxygen atoms in total. The Labute approximate surface area is 224 Å². The molecule has 3 N–H and O–H groups in total. The first-order valence-corrected chi connectivity index (χ1v) is 14.1. The summed E-state index contributed by atoms with van der Waals surface area (Å²) in [4.78, 5) is 48.5. The number of esters is 1. The molecule has 0 heterocycles. The van der Waals surface area contributed by atoms with Crippen molar-refractivity contribution in [3.63, 3.8) is 0 Å². The number of hydrogen-bond acceptors (Lipinski definition) is 6. The number of carbonyl (C=O) groups excluding carboxylic acids is 1.